The summed E-state index contributed by atoms with van der Waals surface area (Å²) in [6.45, 7) is 6.79. The van der Waals surface area contributed by atoms with Crippen LogP contribution in [0.4, 0.5) is 0 Å². The maximum atomic E-state index is 5.33. The standard InChI is InChI=1S/2C7H15O4.Al.Li/c2*1-9-4-5-11-7-6-10-3-2-8;;/h2*2-7H2,1H3;;/q2*-1;+2;. The van der Waals surface area contributed by atoms with Gasteiger partial charge in [-0.25, -0.2) is 0 Å². The van der Waals surface area contributed by atoms with Crippen LogP contribution in [0.5, 0.6) is 0 Å². The molecule has 138 valence electrons. The Balaban J connectivity index is 0. The van der Waals surface area contributed by atoms with E-state index in [1.165, 1.54) is 0 Å². The van der Waals surface area contributed by atoms with Crippen molar-refractivity contribution < 1.29 is 36.0 Å². The maximum absolute atomic E-state index is 5.33. The van der Waals surface area contributed by atoms with E-state index in [-0.39, 0.29) is 18.9 Å². The van der Waals surface area contributed by atoms with Gasteiger partial charge in [-0.1, -0.05) is 0 Å². The van der Waals surface area contributed by atoms with Gasteiger partial charge >= 0.3 is 15.9 Å². The number of hydrogen-bond donors (Lipinski definition) is 0. The molecule has 0 atom stereocenters. The summed E-state index contributed by atoms with van der Waals surface area (Å²) in [5, 5.41) is 0. The summed E-state index contributed by atoms with van der Waals surface area (Å²) < 4.78 is 41.6. The summed E-state index contributed by atoms with van der Waals surface area (Å²) in [5.41, 5.74) is 0. The molecule has 0 N–H and O–H groups in total. The molecule has 0 aliphatic rings. The molecule has 0 unspecified atom stereocenters. The van der Waals surface area contributed by atoms with Gasteiger partial charge in [0.2, 0.25) is 0 Å². The molecule has 24 heavy (non-hydrogen) atoms. The fourth-order valence-corrected chi connectivity index (χ4v) is 1.77. The van der Waals surface area contributed by atoms with Gasteiger partial charge in [-0.2, -0.15) is 0 Å². The molecule has 2 radical (unpaired) electrons. The minimum atomic E-state index is -0.472. The van der Waals surface area contributed by atoms with Crippen LogP contribution in [0.1, 0.15) is 0 Å². The largest absolute Gasteiger partial charge is 0.668 e. The first-order chi connectivity index (χ1) is 11.4. The second kappa shape index (κ2) is 26.0. The van der Waals surface area contributed by atoms with Crippen molar-refractivity contribution in [2.45, 2.75) is 0 Å². The molecule has 0 aliphatic heterocycles. The van der Waals surface area contributed by atoms with Crippen molar-refractivity contribution in [3.05, 3.63) is 0 Å². The third-order valence-corrected chi connectivity index (χ3v) is 3.18. The maximum Gasteiger partial charge on any atom is 0.668 e. The van der Waals surface area contributed by atoms with Gasteiger partial charge < -0.3 is 36.0 Å². The van der Waals surface area contributed by atoms with Crippen molar-refractivity contribution in [1.82, 2.24) is 0 Å². The summed E-state index contributed by atoms with van der Waals surface area (Å²) in [4.78, 5) is 0. The van der Waals surface area contributed by atoms with E-state index in [1.54, 1.807) is 14.2 Å². The van der Waals surface area contributed by atoms with Gasteiger partial charge in [0.15, 0.2) is 0 Å². The quantitative estimate of drug-likeness (QED) is 0.213. The summed E-state index contributed by atoms with van der Waals surface area (Å²) in [5.74, 6) is 0. The number of rotatable bonds is 20. The van der Waals surface area contributed by atoms with E-state index >= 15 is 0 Å². The van der Waals surface area contributed by atoms with Crippen molar-refractivity contribution in [2.75, 3.05) is 93.5 Å². The second-order valence-electron chi connectivity index (χ2n) is 4.27. The predicted octanol–water partition coefficient (Wildman–Crippen LogP) is -0.468. The normalized spacial score (nSPS) is 10.6. The Labute approximate surface area is 164 Å². The molecular weight excluding hydrogens is 330 g/mol. The molecule has 0 saturated carbocycles. The molecule has 0 fully saturated rings. The third-order valence-electron chi connectivity index (χ3n) is 2.43. The van der Waals surface area contributed by atoms with Crippen LogP contribution in [-0.2, 0) is 36.0 Å². The van der Waals surface area contributed by atoms with E-state index in [4.69, 9.17) is 36.0 Å². The van der Waals surface area contributed by atoms with Crippen LogP contribution in [-0.4, -0.2) is 128 Å². The van der Waals surface area contributed by atoms with Crippen molar-refractivity contribution in [2.24, 2.45) is 0 Å². The Kier molecular flexibility index (Phi) is 29.3. The SMILES string of the molecule is COCCOCCOCC[O][Al][O]CCOCCOCCOC.[Li]. The first-order valence-electron chi connectivity index (χ1n) is 7.75. The molecule has 0 saturated heterocycles. The first kappa shape index (κ1) is 27.0. The van der Waals surface area contributed by atoms with E-state index < -0.39 is 15.9 Å². The Morgan fingerprint density at radius 2 is 0.750 bits per heavy atom. The van der Waals surface area contributed by atoms with Crippen molar-refractivity contribution in [3.8, 4) is 0 Å². The van der Waals surface area contributed by atoms with Crippen LogP contribution in [0.15, 0.2) is 0 Å². The van der Waals surface area contributed by atoms with Gasteiger partial charge in [0, 0.05) is 46.3 Å². The second-order valence-corrected chi connectivity index (χ2v) is 5.13. The van der Waals surface area contributed by atoms with Crippen LogP contribution < -0.4 is 0 Å². The Bertz CT molecular complexity index is 197. The zero-order valence-electron chi connectivity index (χ0n) is 15.3. The van der Waals surface area contributed by atoms with Gasteiger partial charge in [0.25, 0.3) is 0 Å². The predicted molar refractivity (Wildman–Crippen MR) is 90.4 cm³/mol. The average molecular weight is 360 g/mol. The van der Waals surface area contributed by atoms with Gasteiger partial charge in [-0.3, -0.25) is 0 Å². The molecule has 0 heterocycles. The molecule has 8 nitrogen and oxygen atoms in total. The van der Waals surface area contributed by atoms with E-state index in [2.05, 4.69) is 0 Å². The molecule has 0 aromatic rings. The smallest absolute Gasteiger partial charge is 0.482 e. The van der Waals surface area contributed by atoms with Crippen molar-refractivity contribution in [1.29, 1.82) is 0 Å². The zero-order chi connectivity index (χ0) is 16.8. The monoisotopic (exact) mass is 360 g/mol. The molecule has 10 heteroatoms. The van der Waals surface area contributed by atoms with Crippen LogP contribution in [0.25, 0.3) is 0 Å². The summed E-state index contributed by atoms with van der Waals surface area (Å²) >= 11 is -0.472. The van der Waals surface area contributed by atoms with Crippen LogP contribution >= 0.6 is 0 Å². The van der Waals surface area contributed by atoms with Gasteiger partial charge in [-0.15, -0.1) is 0 Å². The van der Waals surface area contributed by atoms with E-state index in [0.717, 1.165) is 0 Å². The van der Waals surface area contributed by atoms with Gasteiger partial charge in [0.05, 0.1) is 66.1 Å². The molecule has 0 aromatic carbocycles. The Hall–Kier alpha value is 0.810. The van der Waals surface area contributed by atoms with Crippen LogP contribution in [0, 0.1) is 0 Å². The number of ether oxygens (including phenoxy) is 6. The third kappa shape index (κ3) is 25.1. The molecule has 0 aliphatic carbocycles. The molecule has 0 spiro atoms. The minimum Gasteiger partial charge on any atom is -0.482 e. The summed E-state index contributed by atoms with van der Waals surface area (Å²) in [6.07, 6.45) is 0. The number of methoxy groups -OCH3 is 2. The van der Waals surface area contributed by atoms with E-state index in [9.17, 15) is 0 Å². The molecule has 0 aromatic heterocycles. The average Bonchev–Trinajstić information content (AvgIpc) is 2.57. The van der Waals surface area contributed by atoms with E-state index in [1.807, 2.05) is 0 Å². The summed E-state index contributed by atoms with van der Waals surface area (Å²) in [6, 6.07) is 0. The topological polar surface area (TPSA) is 73.8 Å². The van der Waals surface area contributed by atoms with Crippen molar-refractivity contribution >= 4 is 34.7 Å². The van der Waals surface area contributed by atoms with Crippen LogP contribution in [0.3, 0.4) is 0 Å². The molecule has 0 bridgehead atoms. The zero-order valence-corrected chi connectivity index (χ0v) is 16.5. The minimum absolute atomic E-state index is 0. The Morgan fingerprint density at radius 1 is 0.458 bits per heavy atom. The van der Waals surface area contributed by atoms with Gasteiger partial charge in [-0.05, 0) is 0 Å². The molecular formula is C14H30AlLiO8. The van der Waals surface area contributed by atoms with Crippen LogP contribution in [0.2, 0.25) is 0 Å². The number of hydrogen-bond acceptors (Lipinski definition) is 8. The summed E-state index contributed by atoms with van der Waals surface area (Å²) in [7, 11) is 3.29. The fraction of sp³-hybridized carbons (Fsp3) is 1.00. The molecule has 0 rings (SSSR count). The van der Waals surface area contributed by atoms with Crippen molar-refractivity contribution in [3.63, 3.8) is 0 Å². The Morgan fingerprint density at radius 3 is 1.08 bits per heavy atom. The van der Waals surface area contributed by atoms with E-state index in [0.29, 0.717) is 79.3 Å². The fourth-order valence-electron chi connectivity index (χ4n) is 1.29. The van der Waals surface area contributed by atoms with Gasteiger partial charge in [0.1, 0.15) is 0 Å². The molecule has 0 amide bonds. The first-order valence-corrected chi connectivity index (χ1v) is 8.69.